The number of aliphatic hydroxyl groups excluding tert-OH is 1. The van der Waals surface area contributed by atoms with Crippen LogP contribution in [0.15, 0.2) is 107 Å². The molecule has 224 valence electrons. The maximum Gasteiger partial charge on any atom is 0.252 e. The molecule has 0 spiro atoms. The van der Waals surface area contributed by atoms with Gasteiger partial charge in [-0.05, 0) is 47.0 Å². The Bertz CT molecular complexity index is 1690. The lowest BCUT2D eigenvalue weighted by Crippen LogP contribution is -2.49. The number of carbonyl (C=O) groups is 1. The van der Waals surface area contributed by atoms with Gasteiger partial charge in [0.25, 0.3) is 5.91 Å². The third-order valence-corrected chi connectivity index (χ3v) is 7.19. The molecule has 0 fully saturated rings. The number of azide groups is 1. The first-order valence-electron chi connectivity index (χ1n) is 13.9. The SMILES string of the molecule is [N-]=[N+]=Nc1ccccc1C[C@@]1(C(=O)NCc2ccc(F)cc2F)N=C(c2ccc(OCCCO)cc2)O[C@@H]1c1ccccc1. The van der Waals surface area contributed by atoms with Gasteiger partial charge in [-0.2, -0.15) is 0 Å². The minimum Gasteiger partial charge on any atom is -0.494 e. The van der Waals surface area contributed by atoms with E-state index in [0.29, 0.717) is 41.2 Å². The second-order valence-electron chi connectivity index (χ2n) is 10.1. The molecule has 2 atom stereocenters. The van der Waals surface area contributed by atoms with Gasteiger partial charge in [0, 0.05) is 53.8 Å². The van der Waals surface area contributed by atoms with Gasteiger partial charge in [-0.1, -0.05) is 65.8 Å². The van der Waals surface area contributed by atoms with Crippen molar-refractivity contribution in [3.05, 3.63) is 141 Å². The number of hydrogen-bond acceptors (Lipinski definition) is 6. The lowest BCUT2D eigenvalue weighted by Gasteiger charge is -2.31. The zero-order valence-electron chi connectivity index (χ0n) is 23.6. The quantitative estimate of drug-likeness (QED) is 0.0838. The van der Waals surface area contributed by atoms with Crippen molar-refractivity contribution < 1.29 is 28.2 Å². The average Bonchev–Trinajstić information content (AvgIpc) is 3.43. The minimum atomic E-state index is -1.62. The largest absolute Gasteiger partial charge is 0.494 e. The Morgan fingerprint density at radius 3 is 2.50 bits per heavy atom. The molecule has 2 N–H and O–H groups in total. The van der Waals surface area contributed by atoms with Crippen LogP contribution < -0.4 is 10.1 Å². The molecule has 0 bridgehead atoms. The summed E-state index contributed by atoms with van der Waals surface area (Å²) >= 11 is 0. The number of nitrogens with one attached hydrogen (secondary N) is 1. The topological polar surface area (TPSA) is 129 Å². The first-order valence-corrected chi connectivity index (χ1v) is 13.9. The number of halogens is 2. The Balaban J connectivity index is 1.58. The number of amides is 1. The Hall–Kier alpha value is -5.25. The Kier molecular flexibility index (Phi) is 9.49. The maximum atomic E-state index is 14.5. The van der Waals surface area contributed by atoms with Crippen molar-refractivity contribution in [3.63, 3.8) is 0 Å². The highest BCUT2D eigenvalue weighted by atomic mass is 19.1. The summed E-state index contributed by atoms with van der Waals surface area (Å²) in [7, 11) is 0. The Labute approximate surface area is 252 Å². The van der Waals surface area contributed by atoms with Crippen molar-refractivity contribution in [1.29, 1.82) is 0 Å². The molecular weight excluding hydrogens is 568 g/mol. The summed E-state index contributed by atoms with van der Waals surface area (Å²) in [6, 6.07) is 26.1. The van der Waals surface area contributed by atoms with Gasteiger partial charge in [-0.25, -0.2) is 13.8 Å². The summed E-state index contributed by atoms with van der Waals surface area (Å²) in [5, 5.41) is 15.6. The molecule has 9 nitrogen and oxygen atoms in total. The molecule has 1 aliphatic rings. The van der Waals surface area contributed by atoms with Crippen molar-refractivity contribution in [2.75, 3.05) is 13.2 Å². The van der Waals surface area contributed by atoms with Gasteiger partial charge in [-0.3, -0.25) is 4.79 Å². The number of ether oxygens (including phenoxy) is 2. The smallest absolute Gasteiger partial charge is 0.252 e. The average molecular weight is 598 g/mol. The van der Waals surface area contributed by atoms with Crippen molar-refractivity contribution in [3.8, 4) is 5.75 Å². The fourth-order valence-corrected chi connectivity index (χ4v) is 5.00. The molecule has 0 aromatic heterocycles. The zero-order chi connectivity index (χ0) is 30.9. The normalized spacial score (nSPS) is 17.2. The van der Waals surface area contributed by atoms with Gasteiger partial charge < -0.3 is 19.9 Å². The standard InChI is InChI=1S/C33H29F2N5O4/c34-26-14-11-25(28(35)19-26)21-37-32(42)33(20-24-9-4-5-10-29(24)39-40-36)30(22-7-2-1-3-8-22)44-31(38-33)23-12-15-27(16-13-23)43-18-6-17-41/h1-5,7-16,19,30,41H,6,17-18,20-21H2,(H,37,42)/t30-,33-/m1/s1. The highest BCUT2D eigenvalue weighted by Crippen LogP contribution is 2.43. The second kappa shape index (κ2) is 13.8. The first kappa shape index (κ1) is 30.2. The maximum absolute atomic E-state index is 14.5. The van der Waals surface area contributed by atoms with E-state index in [4.69, 9.17) is 19.6 Å². The third kappa shape index (κ3) is 6.70. The van der Waals surface area contributed by atoms with Crippen LogP contribution in [0.5, 0.6) is 5.75 Å². The van der Waals surface area contributed by atoms with Crippen LogP contribution in [0, 0.1) is 11.6 Å². The molecule has 1 amide bonds. The molecule has 1 heterocycles. The van der Waals surface area contributed by atoms with E-state index in [1.807, 2.05) is 30.3 Å². The molecule has 1 aliphatic heterocycles. The number of hydrogen-bond donors (Lipinski definition) is 2. The predicted octanol–water partition coefficient (Wildman–Crippen LogP) is 6.48. The number of carbonyl (C=O) groups excluding carboxylic acids is 1. The van der Waals surface area contributed by atoms with Crippen molar-refractivity contribution in [1.82, 2.24) is 5.32 Å². The van der Waals surface area contributed by atoms with Crippen LogP contribution in [-0.2, 0) is 22.5 Å². The molecule has 11 heteroatoms. The van der Waals surface area contributed by atoms with Crippen LogP contribution in [0.2, 0.25) is 0 Å². The highest BCUT2D eigenvalue weighted by molar-refractivity contribution is 6.01. The highest BCUT2D eigenvalue weighted by Gasteiger charge is 2.53. The van der Waals surface area contributed by atoms with E-state index >= 15 is 0 Å². The molecule has 44 heavy (non-hydrogen) atoms. The van der Waals surface area contributed by atoms with E-state index < -0.39 is 29.2 Å². The van der Waals surface area contributed by atoms with E-state index in [1.165, 1.54) is 6.07 Å². The monoisotopic (exact) mass is 597 g/mol. The van der Waals surface area contributed by atoms with Gasteiger partial charge in [0.05, 0.1) is 6.61 Å². The van der Waals surface area contributed by atoms with Crippen LogP contribution in [0.1, 0.15) is 34.8 Å². The Morgan fingerprint density at radius 2 is 1.77 bits per heavy atom. The minimum absolute atomic E-state index is 0.0182. The van der Waals surface area contributed by atoms with Gasteiger partial charge in [0.2, 0.25) is 5.90 Å². The molecule has 4 aromatic carbocycles. The summed E-state index contributed by atoms with van der Waals surface area (Å²) < 4.78 is 40.1. The third-order valence-electron chi connectivity index (χ3n) is 7.19. The summed E-state index contributed by atoms with van der Waals surface area (Å²) in [6.07, 6.45) is -0.449. The van der Waals surface area contributed by atoms with Crippen molar-refractivity contribution in [2.24, 2.45) is 10.1 Å². The molecule has 0 saturated carbocycles. The lowest BCUT2D eigenvalue weighted by atomic mass is 9.81. The molecular formula is C33H29F2N5O4. The van der Waals surface area contributed by atoms with E-state index in [1.54, 1.807) is 48.5 Å². The number of aliphatic hydroxyl groups is 1. The lowest BCUT2D eigenvalue weighted by molar-refractivity contribution is -0.129. The second-order valence-corrected chi connectivity index (χ2v) is 10.1. The van der Waals surface area contributed by atoms with Crippen molar-refractivity contribution in [2.45, 2.75) is 31.0 Å². The molecule has 0 aliphatic carbocycles. The number of nitrogens with zero attached hydrogens (tertiary/aromatic N) is 4. The first-order chi connectivity index (χ1) is 21.4. The number of aliphatic imine (C=N–C) groups is 1. The van der Waals surface area contributed by atoms with Gasteiger partial charge >= 0.3 is 0 Å². The number of rotatable bonds is 12. The molecule has 4 aromatic rings. The van der Waals surface area contributed by atoms with Crippen molar-refractivity contribution >= 4 is 17.5 Å². The van der Waals surface area contributed by atoms with Gasteiger partial charge in [0.1, 0.15) is 17.4 Å². The van der Waals surface area contributed by atoms with Crippen LogP contribution >= 0.6 is 0 Å². The summed E-state index contributed by atoms with van der Waals surface area (Å²) in [6.45, 7) is 0.146. The van der Waals surface area contributed by atoms with E-state index in [9.17, 15) is 19.1 Å². The molecule has 0 radical (unpaired) electrons. The van der Waals surface area contributed by atoms with E-state index in [0.717, 1.165) is 12.1 Å². The molecule has 0 saturated heterocycles. The summed E-state index contributed by atoms with van der Waals surface area (Å²) in [5.41, 5.74) is 9.79. The van der Waals surface area contributed by atoms with Crippen LogP contribution in [-0.4, -0.2) is 35.7 Å². The zero-order valence-corrected chi connectivity index (χ0v) is 23.6. The van der Waals surface area contributed by atoms with Gasteiger partial charge in [-0.15, -0.1) is 0 Å². The summed E-state index contributed by atoms with van der Waals surface area (Å²) in [4.78, 5) is 22.2. The van der Waals surface area contributed by atoms with Crippen LogP contribution in [0.25, 0.3) is 10.4 Å². The van der Waals surface area contributed by atoms with Gasteiger partial charge in [0.15, 0.2) is 11.6 Å². The molecule has 5 rings (SSSR count). The summed E-state index contributed by atoms with van der Waals surface area (Å²) in [5.74, 6) is -1.29. The Morgan fingerprint density at radius 1 is 1.02 bits per heavy atom. The molecule has 0 unspecified atom stereocenters. The predicted molar refractivity (Wildman–Crippen MR) is 160 cm³/mol. The van der Waals surface area contributed by atoms with E-state index in [2.05, 4.69) is 15.3 Å². The van der Waals surface area contributed by atoms with Crippen LogP contribution in [0.3, 0.4) is 0 Å². The number of benzene rings is 4. The van der Waals surface area contributed by atoms with Crippen LogP contribution in [0.4, 0.5) is 14.5 Å². The fourth-order valence-electron chi connectivity index (χ4n) is 5.00. The van der Waals surface area contributed by atoms with E-state index in [-0.39, 0.29) is 31.0 Å². The fraction of sp³-hybridized carbons (Fsp3) is 0.212.